The molecule has 0 radical (unpaired) electrons. The van der Waals surface area contributed by atoms with Gasteiger partial charge in [-0.25, -0.2) is 0 Å². The Kier molecular flexibility index (Phi) is 5.60. The van der Waals surface area contributed by atoms with Crippen LogP contribution in [0.5, 0.6) is 0 Å². The van der Waals surface area contributed by atoms with Crippen molar-refractivity contribution in [1.82, 2.24) is 5.32 Å². The fraction of sp³-hybridized carbons (Fsp3) is 0.333. The molecule has 0 aliphatic rings. The lowest BCUT2D eigenvalue weighted by Crippen LogP contribution is -2.40. The number of nitrogens with two attached hydrogens (primary N) is 1. The average Bonchev–Trinajstić information content (AvgIpc) is 2.42. The molecular formula is C12H15N3O5. The monoisotopic (exact) mass is 281 g/mol. The van der Waals surface area contributed by atoms with Gasteiger partial charge in [0.2, 0.25) is 5.91 Å². The van der Waals surface area contributed by atoms with Crippen LogP contribution in [0.4, 0.5) is 5.69 Å². The van der Waals surface area contributed by atoms with E-state index >= 15 is 0 Å². The number of aliphatic carboxylic acids is 1. The van der Waals surface area contributed by atoms with E-state index < -0.39 is 22.8 Å². The number of nitro groups is 1. The summed E-state index contributed by atoms with van der Waals surface area (Å²) in [5, 5.41) is 21.7. The third kappa shape index (κ3) is 4.65. The van der Waals surface area contributed by atoms with Gasteiger partial charge in [0.25, 0.3) is 5.69 Å². The second kappa shape index (κ2) is 7.19. The Bertz CT molecular complexity index is 518. The van der Waals surface area contributed by atoms with Crippen molar-refractivity contribution < 1.29 is 19.6 Å². The van der Waals surface area contributed by atoms with Crippen LogP contribution >= 0.6 is 0 Å². The highest BCUT2D eigenvalue weighted by molar-refractivity contribution is 5.82. The minimum atomic E-state index is -1.04. The molecule has 1 rings (SSSR count). The molecule has 0 saturated heterocycles. The molecule has 108 valence electrons. The highest BCUT2D eigenvalue weighted by Gasteiger charge is 2.17. The minimum Gasteiger partial charge on any atom is -0.481 e. The van der Waals surface area contributed by atoms with Gasteiger partial charge >= 0.3 is 5.97 Å². The molecule has 1 amide bonds. The SMILES string of the molecule is NC(CCC(=O)O)C(=O)NCc1ccccc1[N+](=O)[O-]. The minimum absolute atomic E-state index is 0.0120. The van der Waals surface area contributed by atoms with Gasteiger partial charge in [0.15, 0.2) is 0 Å². The molecule has 4 N–H and O–H groups in total. The van der Waals surface area contributed by atoms with Crippen LogP contribution in [0.2, 0.25) is 0 Å². The number of carbonyl (C=O) groups excluding carboxylic acids is 1. The maximum atomic E-state index is 11.6. The van der Waals surface area contributed by atoms with E-state index in [2.05, 4.69) is 5.32 Å². The number of carboxylic acid groups (broad SMARTS) is 1. The van der Waals surface area contributed by atoms with Crippen LogP contribution in [0.3, 0.4) is 0 Å². The lowest BCUT2D eigenvalue weighted by molar-refractivity contribution is -0.385. The number of benzene rings is 1. The van der Waals surface area contributed by atoms with Crippen molar-refractivity contribution in [3.8, 4) is 0 Å². The molecule has 0 bridgehead atoms. The van der Waals surface area contributed by atoms with Crippen molar-refractivity contribution in [2.24, 2.45) is 5.73 Å². The summed E-state index contributed by atoms with van der Waals surface area (Å²) in [6.07, 6.45) is -0.196. The average molecular weight is 281 g/mol. The number of nitrogens with zero attached hydrogens (tertiary/aromatic N) is 1. The Labute approximate surface area is 114 Å². The fourth-order valence-corrected chi connectivity index (χ4v) is 1.56. The molecular weight excluding hydrogens is 266 g/mol. The summed E-state index contributed by atoms with van der Waals surface area (Å²) in [7, 11) is 0. The zero-order chi connectivity index (χ0) is 15.1. The quantitative estimate of drug-likeness (QED) is 0.489. The first kappa shape index (κ1) is 15.6. The van der Waals surface area contributed by atoms with Crippen molar-refractivity contribution in [1.29, 1.82) is 0 Å². The number of rotatable bonds is 7. The van der Waals surface area contributed by atoms with Gasteiger partial charge in [-0.1, -0.05) is 18.2 Å². The highest BCUT2D eigenvalue weighted by atomic mass is 16.6. The van der Waals surface area contributed by atoms with E-state index in [1.165, 1.54) is 18.2 Å². The number of hydrogen-bond donors (Lipinski definition) is 3. The number of nitro benzene ring substituents is 1. The predicted octanol–water partition coefficient (Wildman–Crippen LogP) is 0.403. The molecule has 0 fully saturated rings. The molecule has 8 heteroatoms. The van der Waals surface area contributed by atoms with Crippen LogP contribution < -0.4 is 11.1 Å². The van der Waals surface area contributed by atoms with E-state index in [1.807, 2.05) is 0 Å². The van der Waals surface area contributed by atoms with E-state index in [0.29, 0.717) is 5.56 Å². The summed E-state index contributed by atoms with van der Waals surface area (Å²) >= 11 is 0. The summed E-state index contributed by atoms with van der Waals surface area (Å²) in [4.78, 5) is 32.2. The van der Waals surface area contributed by atoms with Crippen molar-refractivity contribution in [3.05, 3.63) is 39.9 Å². The molecule has 1 unspecified atom stereocenters. The van der Waals surface area contributed by atoms with E-state index in [1.54, 1.807) is 6.07 Å². The van der Waals surface area contributed by atoms with E-state index in [-0.39, 0.29) is 25.1 Å². The first-order valence-electron chi connectivity index (χ1n) is 5.89. The molecule has 1 atom stereocenters. The molecule has 0 aromatic heterocycles. The van der Waals surface area contributed by atoms with Crippen LogP contribution in [-0.2, 0) is 16.1 Å². The molecule has 1 aromatic carbocycles. The van der Waals surface area contributed by atoms with Crippen LogP contribution in [0.1, 0.15) is 18.4 Å². The summed E-state index contributed by atoms with van der Waals surface area (Å²) < 4.78 is 0. The van der Waals surface area contributed by atoms with Crippen molar-refractivity contribution in [3.63, 3.8) is 0 Å². The van der Waals surface area contributed by atoms with E-state index in [4.69, 9.17) is 10.8 Å². The molecule has 0 heterocycles. The Balaban J connectivity index is 2.57. The van der Waals surface area contributed by atoms with Gasteiger partial charge in [-0.15, -0.1) is 0 Å². The third-order valence-electron chi connectivity index (χ3n) is 2.65. The topological polar surface area (TPSA) is 136 Å². The largest absolute Gasteiger partial charge is 0.481 e. The van der Waals surface area contributed by atoms with Gasteiger partial charge in [0.05, 0.1) is 11.0 Å². The van der Waals surface area contributed by atoms with Crippen LogP contribution in [0, 0.1) is 10.1 Å². The van der Waals surface area contributed by atoms with E-state index in [9.17, 15) is 19.7 Å². The van der Waals surface area contributed by atoms with Gasteiger partial charge in [-0.05, 0) is 6.42 Å². The summed E-state index contributed by atoms with van der Waals surface area (Å²) in [6, 6.07) is 5.07. The molecule has 8 nitrogen and oxygen atoms in total. The molecule has 20 heavy (non-hydrogen) atoms. The third-order valence-corrected chi connectivity index (χ3v) is 2.65. The van der Waals surface area contributed by atoms with Crippen molar-refractivity contribution >= 4 is 17.6 Å². The summed E-state index contributed by atoms with van der Waals surface area (Å²) in [6.45, 7) is -0.0310. The van der Waals surface area contributed by atoms with Gasteiger partial charge < -0.3 is 16.2 Å². The Hall–Kier alpha value is -2.48. The zero-order valence-electron chi connectivity index (χ0n) is 10.6. The van der Waals surface area contributed by atoms with Gasteiger partial charge in [0, 0.05) is 24.6 Å². The molecule has 1 aromatic rings. The Morgan fingerprint density at radius 3 is 2.65 bits per heavy atom. The van der Waals surface area contributed by atoms with Crippen molar-refractivity contribution in [2.45, 2.75) is 25.4 Å². The molecule has 0 aliphatic carbocycles. The first-order valence-corrected chi connectivity index (χ1v) is 5.89. The van der Waals surface area contributed by atoms with E-state index in [0.717, 1.165) is 0 Å². The highest BCUT2D eigenvalue weighted by Crippen LogP contribution is 2.17. The first-order chi connectivity index (χ1) is 9.41. The Morgan fingerprint density at radius 1 is 1.40 bits per heavy atom. The second-order valence-electron chi connectivity index (χ2n) is 4.14. The van der Waals surface area contributed by atoms with Gasteiger partial charge in [-0.2, -0.15) is 0 Å². The second-order valence-corrected chi connectivity index (χ2v) is 4.14. The number of hydrogen-bond acceptors (Lipinski definition) is 5. The number of nitrogens with one attached hydrogen (secondary N) is 1. The molecule has 0 aliphatic heterocycles. The number of carbonyl (C=O) groups is 2. The molecule has 0 saturated carbocycles. The number of amides is 1. The summed E-state index contributed by atoms with van der Waals surface area (Å²) in [5.74, 6) is -1.57. The molecule has 0 spiro atoms. The smallest absolute Gasteiger partial charge is 0.303 e. The van der Waals surface area contributed by atoms with Crippen molar-refractivity contribution in [2.75, 3.05) is 0 Å². The zero-order valence-corrected chi connectivity index (χ0v) is 10.6. The lowest BCUT2D eigenvalue weighted by atomic mass is 10.1. The van der Waals surface area contributed by atoms with Crippen LogP contribution in [0.25, 0.3) is 0 Å². The Morgan fingerprint density at radius 2 is 2.05 bits per heavy atom. The van der Waals surface area contributed by atoms with Crippen LogP contribution in [0.15, 0.2) is 24.3 Å². The maximum absolute atomic E-state index is 11.6. The van der Waals surface area contributed by atoms with Gasteiger partial charge in [-0.3, -0.25) is 19.7 Å². The van der Waals surface area contributed by atoms with Gasteiger partial charge in [0.1, 0.15) is 0 Å². The standard InChI is InChI=1S/C12H15N3O5/c13-9(5-6-11(16)17)12(18)14-7-8-3-1-2-4-10(8)15(19)20/h1-4,9H,5-7,13H2,(H,14,18)(H,16,17). The lowest BCUT2D eigenvalue weighted by Gasteiger charge is -2.11. The number of carboxylic acids is 1. The normalized spacial score (nSPS) is 11.7. The maximum Gasteiger partial charge on any atom is 0.303 e. The number of para-hydroxylation sites is 1. The predicted molar refractivity (Wildman–Crippen MR) is 69.8 cm³/mol. The van der Waals surface area contributed by atoms with Crippen LogP contribution in [-0.4, -0.2) is 27.9 Å². The summed E-state index contributed by atoms with van der Waals surface area (Å²) in [5.41, 5.74) is 5.79. The fourth-order valence-electron chi connectivity index (χ4n) is 1.56.